The van der Waals surface area contributed by atoms with Crippen molar-refractivity contribution in [3.05, 3.63) is 34.4 Å². The molecule has 108 valence electrons. The lowest BCUT2D eigenvalue weighted by Gasteiger charge is -2.21. The monoisotopic (exact) mass is 275 g/mol. The molecule has 1 aromatic carbocycles. The zero-order chi connectivity index (χ0) is 14.8. The molecule has 0 saturated heterocycles. The summed E-state index contributed by atoms with van der Waals surface area (Å²) in [7, 11) is 0. The van der Waals surface area contributed by atoms with Gasteiger partial charge in [0, 0.05) is 12.6 Å². The molecule has 2 nitrogen and oxygen atoms in total. The lowest BCUT2D eigenvalue weighted by molar-refractivity contribution is -0.202. The van der Waals surface area contributed by atoms with E-state index < -0.39 is 18.8 Å². The molecule has 0 amide bonds. The maximum atomic E-state index is 12.2. The van der Waals surface area contributed by atoms with Crippen LogP contribution >= 0.6 is 0 Å². The van der Waals surface area contributed by atoms with E-state index in [1.165, 1.54) is 0 Å². The van der Waals surface area contributed by atoms with Gasteiger partial charge >= 0.3 is 6.18 Å². The fourth-order valence-corrected chi connectivity index (χ4v) is 1.96. The maximum Gasteiger partial charge on any atom is 0.415 e. The van der Waals surface area contributed by atoms with Crippen LogP contribution in [0.5, 0.6) is 0 Å². The van der Waals surface area contributed by atoms with Crippen molar-refractivity contribution in [3.8, 4) is 0 Å². The van der Waals surface area contributed by atoms with E-state index in [9.17, 15) is 13.2 Å². The summed E-state index contributed by atoms with van der Waals surface area (Å²) in [5.41, 5.74) is 4.25. The van der Waals surface area contributed by atoms with Crippen LogP contribution in [0.2, 0.25) is 0 Å². The van der Waals surface area contributed by atoms with E-state index in [4.69, 9.17) is 5.11 Å². The minimum Gasteiger partial charge on any atom is -0.382 e. The first-order valence-corrected chi connectivity index (χ1v) is 6.19. The molecule has 0 bridgehead atoms. The quantitative estimate of drug-likeness (QED) is 0.884. The Morgan fingerprint density at radius 1 is 1.11 bits per heavy atom. The van der Waals surface area contributed by atoms with Gasteiger partial charge in [-0.15, -0.1) is 0 Å². The van der Waals surface area contributed by atoms with Gasteiger partial charge < -0.3 is 10.4 Å². The van der Waals surface area contributed by atoms with Crippen molar-refractivity contribution in [2.75, 3.05) is 6.54 Å². The Bertz CT molecular complexity index is 443. The molecule has 0 spiro atoms. The first-order valence-electron chi connectivity index (χ1n) is 6.19. The highest BCUT2D eigenvalue weighted by Crippen LogP contribution is 2.23. The highest BCUT2D eigenvalue weighted by Gasteiger charge is 2.37. The summed E-state index contributed by atoms with van der Waals surface area (Å²) in [6.07, 6.45) is -6.91. The number of halogens is 3. The van der Waals surface area contributed by atoms with Crippen LogP contribution in [0, 0.1) is 20.8 Å². The predicted molar refractivity (Wildman–Crippen MR) is 69.1 cm³/mol. The molecule has 0 fully saturated rings. The lowest BCUT2D eigenvalue weighted by Crippen LogP contribution is -2.39. The van der Waals surface area contributed by atoms with Gasteiger partial charge in [0.05, 0.1) is 0 Å². The molecule has 2 N–H and O–H groups in total. The SMILES string of the molecule is Cc1cc(C)c(C(C)NCC(O)C(F)(F)F)cc1C. The summed E-state index contributed by atoms with van der Waals surface area (Å²) >= 11 is 0. The van der Waals surface area contributed by atoms with Crippen LogP contribution in [0.3, 0.4) is 0 Å². The fourth-order valence-electron chi connectivity index (χ4n) is 1.96. The third kappa shape index (κ3) is 4.21. The summed E-state index contributed by atoms with van der Waals surface area (Å²) in [6, 6.07) is 3.75. The summed E-state index contributed by atoms with van der Waals surface area (Å²) in [5.74, 6) is 0. The minimum atomic E-state index is -4.58. The average Bonchev–Trinajstić information content (AvgIpc) is 2.29. The third-order valence-electron chi connectivity index (χ3n) is 3.34. The molecule has 0 aliphatic heterocycles. The molecule has 0 heterocycles. The van der Waals surface area contributed by atoms with E-state index in [1.807, 2.05) is 32.9 Å². The molecule has 2 atom stereocenters. The minimum absolute atomic E-state index is 0.240. The van der Waals surface area contributed by atoms with Crippen molar-refractivity contribution in [2.45, 2.75) is 46.0 Å². The molecule has 2 unspecified atom stereocenters. The molecule has 0 aromatic heterocycles. The molecule has 0 radical (unpaired) electrons. The van der Waals surface area contributed by atoms with Gasteiger partial charge in [0.15, 0.2) is 6.10 Å². The number of nitrogens with one attached hydrogen (secondary N) is 1. The number of hydrogen-bond donors (Lipinski definition) is 2. The van der Waals surface area contributed by atoms with Crippen molar-refractivity contribution < 1.29 is 18.3 Å². The second-order valence-corrected chi connectivity index (χ2v) is 4.98. The van der Waals surface area contributed by atoms with Crippen LogP contribution in [0.15, 0.2) is 12.1 Å². The zero-order valence-electron chi connectivity index (χ0n) is 11.6. The van der Waals surface area contributed by atoms with E-state index in [-0.39, 0.29) is 6.04 Å². The van der Waals surface area contributed by atoms with Crippen LogP contribution in [0.4, 0.5) is 13.2 Å². The Balaban J connectivity index is 2.74. The molecule has 19 heavy (non-hydrogen) atoms. The predicted octanol–water partition coefficient (Wildman–Crippen LogP) is 3.19. The van der Waals surface area contributed by atoms with Gasteiger partial charge in [0.1, 0.15) is 0 Å². The van der Waals surface area contributed by atoms with Crippen LogP contribution in [-0.2, 0) is 0 Å². The van der Waals surface area contributed by atoms with Crippen molar-refractivity contribution in [3.63, 3.8) is 0 Å². The second-order valence-electron chi connectivity index (χ2n) is 4.98. The Labute approximate surface area is 111 Å². The number of aliphatic hydroxyl groups is 1. The normalized spacial score (nSPS) is 15.4. The molecular weight excluding hydrogens is 255 g/mol. The molecule has 0 saturated carbocycles. The van der Waals surface area contributed by atoms with Crippen molar-refractivity contribution in [1.29, 1.82) is 0 Å². The third-order valence-corrected chi connectivity index (χ3v) is 3.34. The van der Waals surface area contributed by atoms with E-state index in [0.29, 0.717) is 0 Å². The Hall–Kier alpha value is -1.07. The average molecular weight is 275 g/mol. The van der Waals surface area contributed by atoms with Gasteiger partial charge in [-0.2, -0.15) is 13.2 Å². The molecule has 1 aromatic rings. The Morgan fingerprint density at radius 3 is 2.16 bits per heavy atom. The molecular formula is C14H20F3NO. The molecule has 1 rings (SSSR count). The summed E-state index contributed by atoms with van der Waals surface area (Å²) in [5, 5.41) is 11.7. The number of hydrogen-bond acceptors (Lipinski definition) is 2. The highest BCUT2D eigenvalue weighted by atomic mass is 19.4. The number of alkyl halides is 3. The molecule has 0 aliphatic rings. The van der Waals surface area contributed by atoms with Gasteiger partial charge in [-0.1, -0.05) is 12.1 Å². The van der Waals surface area contributed by atoms with Crippen molar-refractivity contribution in [1.82, 2.24) is 5.32 Å². The van der Waals surface area contributed by atoms with E-state index in [0.717, 1.165) is 22.3 Å². The van der Waals surface area contributed by atoms with Gasteiger partial charge in [0.2, 0.25) is 0 Å². The molecule has 0 aliphatic carbocycles. The van der Waals surface area contributed by atoms with Crippen LogP contribution < -0.4 is 5.32 Å². The Morgan fingerprint density at radius 2 is 1.63 bits per heavy atom. The first-order chi connectivity index (χ1) is 8.62. The van der Waals surface area contributed by atoms with E-state index in [1.54, 1.807) is 6.92 Å². The fraction of sp³-hybridized carbons (Fsp3) is 0.571. The lowest BCUT2D eigenvalue weighted by atomic mass is 9.96. The van der Waals surface area contributed by atoms with Crippen LogP contribution in [0.1, 0.15) is 35.2 Å². The summed E-state index contributed by atoms with van der Waals surface area (Å²) < 4.78 is 36.6. The summed E-state index contributed by atoms with van der Waals surface area (Å²) in [6.45, 7) is 7.19. The number of aliphatic hydroxyl groups excluding tert-OH is 1. The van der Waals surface area contributed by atoms with E-state index in [2.05, 4.69) is 5.32 Å². The smallest absolute Gasteiger partial charge is 0.382 e. The van der Waals surface area contributed by atoms with Gasteiger partial charge in [0.25, 0.3) is 0 Å². The number of aryl methyl sites for hydroxylation is 3. The van der Waals surface area contributed by atoms with E-state index >= 15 is 0 Å². The van der Waals surface area contributed by atoms with Gasteiger partial charge in [-0.3, -0.25) is 0 Å². The highest BCUT2D eigenvalue weighted by molar-refractivity contribution is 5.38. The largest absolute Gasteiger partial charge is 0.415 e. The Kier molecular flexibility index (Phi) is 4.98. The number of rotatable bonds is 4. The first kappa shape index (κ1) is 16.0. The molecule has 5 heteroatoms. The maximum absolute atomic E-state index is 12.2. The zero-order valence-corrected chi connectivity index (χ0v) is 11.6. The topological polar surface area (TPSA) is 32.3 Å². The van der Waals surface area contributed by atoms with Crippen LogP contribution in [0.25, 0.3) is 0 Å². The summed E-state index contributed by atoms with van der Waals surface area (Å²) in [4.78, 5) is 0. The van der Waals surface area contributed by atoms with Gasteiger partial charge in [-0.25, -0.2) is 0 Å². The van der Waals surface area contributed by atoms with Crippen molar-refractivity contribution >= 4 is 0 Å². The van der Waals surface area contributed by atoms with Gasteiger partial charge in [-0.05, 0) is 49.9 Å². The number of benzene rings is 1. The standard InChI is InChI=1S/C14H20F3NO/c1-8-5-10(3)12(6-9(8)2)11(4)18-7-13(19)14(15,16)17/h5-6,11,13,18-19H,7H2,1-4H3. The van der Waals surface area contributed by atoms with Crippen molar-refractivity contribution in [2.24, 2.45) is 0 Å². The second kappa shape index (κ2) is 5.92. The van der Waals surface area contributed by atoms with Crippen LogP contribution in [-0.4, -0.2) is 23.9 Å².